The molecule has 134 valence electrons. The summed E-state index contributed by atoms with van der Waals surface area (Å²) in [5, 5.41) is 11.2. The summed E-state index contributed by atoms with van der Waals surface area (Å²) in [4.78, 5) is 10.6. The molecule has 0 radical (unpaired) electrons. The van der Waals surface area contributed by atoms with E-state index in [2.05, 4.69) is 15.0 Å². The first-order chi connectivity index (χ1) is 10.9. The Kier molecular flexibility index (Phi) is 4.61. The molecule has 0 spiro atoms. The van der Waals surface area contributed by atoms with Gasteiger partial charge in [0, 0.05) is 12.0 Å². The minimum atomic E-state index is -4.60. The number of allylic oxidation sites excluding steroid dienone is 1. The number of rotatable bonds is 3. The van der Waals surface area contributed by atoms with Crippen molar-refractivity contribution in [2.75, 3.05) is 11.1 Å². The van der Waals surface area contributed by atoms with Crippen LogP contribution in [0.15, 0.2) is 5.83 Å². The number of anilines is 2. The van der Waals surface area contributed by atoms with Gasteiger partial charge in [0.25, 0.3) is 5.92 Å². The van der Waals surface area contributed by atoms with Gasteiger partial charge >= 0.3 is 6.18 Å². The van der Waals surface area contributed by atoms with E-state index in [-0.39, 0.29) is 0 Å². The lowest BCUT2D eigenvalue weighted by Gasteiger charge is -2.27. The highest BCUT2D eigenvalue weighted by Crippen LogP contribution is 2.40. The van der Waals surface area contributed by atoms with Crippen LogP contribution in [-0.2, 0) is 0 Å². The molecule has 24 heavy (non-hydrogen) atoms. The molecule has 0 amide bonds. The number of nitrogens with one attached hydrogen (secondary N) is 1. The van der Waals surface area contributed by atoms with Crippen LogP contribution in [0.1, 0.15) is 25.6 Å². The predicted octanol–water partition coefficient (Wildman–Crippen LogP) is 2.29. The number of hydrogen-bond acceptors (Lipinski definition) is 6. The van der Waals surface area contributed by atoms with Gasteiger partial charge in [0.15, 0.2) is 11.9 Å². The SMILES string of the molecule is CC(Nc1nc(N)nc(C2=C(F)C(O)C(F)(F)CC2)n1)C(F)(F)F. The van der Waals surface area contributed by atoms with Crippen LogP contribution in [-0.4, -0.2) is 44.3 Å². The number of halogens is 6. The summed E-state index contributed by atoms with van der Waals surface area (Å²) in [5.41, 5.74) is 4.89. The van der Waals surface area contributed by atoms with E-state index in [1.807, 2.05) is 5.32 Å². The van der Waals surface area contributed by atoms with E-state index >= 15 is 0 Å². The molecular weight excluding hydrogens is 344 g/mol. The predicted molar refractivity (Wildman–Crippen MR) is 71.6 cm³/mol. The maximum absolute atomic E-state index is 13.9. The van der Waals surface area contributed by atoms with Gasteiger partial charge in [-0.3, -0.25) is 0 Å². The number of nitrogens with two attached hydrogens (primary N) is 1. The van der Waals surface area contributed by atoms with Gasteiger partial charge in [-0.05, 0) is 13.3 Å². The standard InChI is InChI=1S/C12H13F6N5O/c1-4(12(16,17)18)20-10-22-8(21-9(19)23-10)5-2-3-11(14,15)7(24)6(5)13/h4,7,24H,2-3H2,1H3,(H3,19,20,21,22,23). The molecule has 2 rings (SSSR count). The lowest BCUT2D eigenvalue weighted by Crippen LogP contribution is -2.37. The Labute approximate surface area is 131 Å². The number of aliphatic hydroxyl groups is 1. The van der Waals surface area contributed by atoms with E-state index < -0.39 is 66.2 Å². The molecule has 1 aliphatic carbocycles. The quantitative estimate of drug-likeness (QED) is 0.718. The molecule has 4 N–H and O–H groups in total. The second-order valence-electron chi connectivity index (χ2n) is 5.24. The van der Waals surface area contributed by atoms with Gasteiger partial charge in [-0.2, -0.15) is 28.1 Å². The Balaban J connectivity index is 2.37. The zero-order valence-corrected chi connectivity index (χ0v) is 12.2. The molecule has 0 bridgehead atoms. The highest BCUT2D eigenvalue weighted by atomic mass is 19.4. The second-order valence-corrected chi connectivity index (χ2v) is 5.24. The van der Waals surface area contributed by atoms with E-state index in [1.165, 1.54) is 0 Å². The van der Waals surface area contributed by atoms with Gasteiger partial charge in [-0.1, -0.05) is 0 Å². The second kappa shape index (κ2) is 6.07. The number of nitrogen functional groups attached to an aromatic ring is 1. The molecule has 0 saturated heterocycles. The topological polar surface area (TPSA) is 97.0 Å². The molecule has 0 aromatic carbocycles. The van der Waals surface area contributed by atoms with Crippen LogP contribution >= 0.6 is 0 Å². The minimum Gasteiger partial charge on any atom is -0.380 e. The van der Waals surface area contributed by atoms with Gasteiger partial charge in [-0.15, -0.1) is 0 Å². The van der Waals surface area contributed by atoms with Crippen molar-refractivity contribution in [3.05, 3.63) is 11.7 Å². The average Bonchev–Trinajstić information content (AvgIpc) is 2.43. The van der Waals surface area contributed by atoms with Crippen molar-refractivity contribution < 1.29 is 31.4 Å². The van der Waals surface area contributed by atoms with Crippen molar-refractivity contribution in [3.8, 4) is 0 Å². The molecule has 6 nitrogen and oxygen atoms in total. The van der Waals surface area contributed by atoms with Crippen molar-refractivity contribution in [2.24, 2.45) is 0 Å². The Morgan fingerprint density at radius 1 is 1.29 bits per heavy atom. The van der Waals surface area contributed by atoms with Crippen LogP contribution in [0, 0.1) is 0 Å². The highest BCUT2D eigenvalue weighted by molar-refractivity contribution is 5.65. The van der Waals surface area contributed by atoms with Crippen LogP contribution in [0.4, 0.5) is 38.2 Å². The maximum atomic E-state index is 13.9. The summed E-state index contributed by atoms with van der Waals surface area (Å²) in [5.74, 6) is -6.82. The number of aliphatic hydroxyl groups excluding tert-OH is 1. The summed E-state index contributed by atoms with van der Waals surface area (Å²) in [6, 6.07) is -2.03. The normalized spacial score (nSPS) is 22.4. The summed E-state index contributed by atoms with van der Waals surface area (Å²) >= 11 is 0. The van der Waals surface area contributed by atoms with Crippen molar-refractivity contribution in [1.29, 1.82) is 0 Å². The van der Waals surface area contributed by atoms with Crippen molar-refractivity contribution in [2.45, 2.75) is 44.0 Å². The molecule has 2 unspecified atom stereocenters. The molecule has 0 saturated carbocycles. The van der Waals surface area contributed by atoms with E-state index in [0.717, 1.165) is 6.92 Å². The third kappa shape index (κ3) is 3.68. The summed E-state index contributed by atoms with van der Waals surface area (Å²) in [6.07, 6.45) is -8.67. The van der Waals surface area contributed by atoms with Crippen LogP contribution in [0.2, 0.25) is 0 Å². The summed E-state index contributed by atoms with van der Waals surface area (Å²) in [6.45, 7) is 0.796. The summed E-state index contributed by atoms with van der Waals surface area (Å²) in [7, 11) is 0. The van der Waals surface area contributed by atoms with Crippen molar-refractivity contribution in [3.63, 3.8) is 0 Å². The van der Waals surface area contributed by atoms with Crippen LogP contribution < -0.4 is 11.1 Å². The Morgan fingerprint density at radius 3 is 2.50 bits per heavy atom. The van der Waals surface area contributed by atoms with E-state index in [4.69, 9.17) is 5.73 Å². The molecule has 12 heteroatoms. The Morgan fingerprint density at radius 2 is 1.92 bits per heavy atom. The summed E-state index contributed by atoms with van der Waals surface area (Å²) < 4.78 is 78.1. The van der Waals surface area contributed by atoms with Crippen molar-refractivity contribution in [1.82, 2.24) is 15.0 Å². The largest absolute Gasteiger partial charge is 0.408 e. The third-order valence-corrected chi connectivity index (χ3v) is 3.40. The molecule has 1 aromatic heterocycles. The first-order valence-electron chi connectivity index (χ1n) is 6.71. The fourth-order valence-corrected chi connectivity index (χ4v) is 1.98. The van der Waals surface area contributed by atoms with E-state index in [9.17, 15) is 31.4 Å². The van der Waals surface area contributed by atoms with Crippen LogP contribution in [0.5, 0.6) is 0 Å². The fraction of sp³-hybridized carbons (Fsp3) is 0.583. The molecular formula is C12H13F6N5O. The molecule has 0 aliphatic heterocycles. The third-order valence-electron chi connectivity index (χ3n) is 3.40. The zero-order chi connectivity index (χ0) is 18.3. The molecule has 1 aromatic rings. The van der Waals surface area contributed by atoms with Gasteiger partial charge in [0.1, 0.15) is 11.9 Å². The first kappa shape index (κ1) is 18.2. The monoisotopic (exact) mass is 357 g/mol. The zero-order valence-electron chi connectivity index (χ0n) is 12.2. The molecule has 0 fully saturated rings. The van der Waals surface area contributed by atoms with Gasteiger partial charge in [0.2, 0.25) is 11.9 Å². The van der Waals surface area contributed by atoms with E-state index in [0.29, 0.717) is 0 Å². The van der Waals surface area contributed by atoms with E-state index in [1.54, 1.807) is 0 Å². The number of alkyl halides is 5. The first-order valence-corrected chi connectivity index (χ1v) is 6.71. The molecule has 1 heterocycles. The fourth-order valence-electron chi connectivity index (χ4n) is 1.98. The highest BCUT2D eigenvalue weighted by Gasteiger charge is 2.46. The maximum Gasteiger partial charge on any atom is 0.408 e. The lowest BCUT2D eigenvalue weighted by atomic mass is 9.92. The number of nitrogens with zero attached hydrogens (tertiary/aromatic N) is 3. The Bertz CT molecular complexity index is 662. The smallest absolute Gasteiger partial charge is 0.380 e. The number of hydrogen-bond donors (Lipinski definition) is 3. The van der Waals surface area contributed by atoms with Crippen molar-refractivity contribution >= 4 is 17.5 Å². The Hall–Kier alpha value is -2.11. The minimum absolute atomic E-state index is 0.453. The number of aromatic nitrogens is 3. The lowest BCUT2D eigenvalue weighted by molar-refractivity contribution is -0.138. The van der Waals surface area contributed by atoms with Gasteiger partial charge in [0.05, 0.1) is 0 Å². The van der Waals surface area contributed by atoms with Gasteiger partial charge < -0.3 is 16.2 Å². The van der Waals surface area contributed by atoms with Gasteiger partial charge in [-0.25, -0.2) is 13.2 Å². The van der Waals surface area contributed by atoms with Crippen LogP contribution in [0.25, 0.3) is 5.57 Å². The average molecular weight is 357 g/mol. The molecule has 1 aliphatic rings. The van der Waals surface area contributed by atoms with Crippen LogP contribution in [0.3, 0.4) is 0 Å². The molecule has 2 atom stereocenters.